The number of nitrogens with one attached hydrogen (secondary N) is 3. The number of nitrogen functional groups attached to an aromatic ring is 1. The predicted octanol–water partition coefficient (Wildman–Crippen LogP) is 2.16. The van der Waals surface area contributed by atoms with Crippen LogP contribution in [0.15, 0.2) is 18.2 Å². The van der Waals surface area contributed by atoms with Crippen molar-refractivity contribution in [2.45, 2.75) is 13.8 Å². The zero-order valence-corrected chi connectivity index (χ0v) is 12.2. The molecule has 21 heavy (non-hydrogen) atoms. The van der Waals surface area contributed by atoms with E-state index in [0.717, 1.165) is 0 Å². The van der Waals surface area contributed by atoms with Gasteiger partial charge in [-0.1, -0.05) is 11.6 Å². The number of rotatable bonds is 3. The summed E-state index contributed by atoms with van der Waals surface area (Å²) in [6.07, 6.45) is 0. The van der Waals surface area contributed by atoms with Crippen LogP contribution in [0.25, 0.3) is 0 Å². The van der Waals surface area contributed by atoms with Gasteiger partial charge in [-0.3, -0.25) is 14.7 Å². The number of benzene rings is 1. The number of carbonyl (C=O) groups excluding carboxylic acids is 2. The van der Waals surface area contributed by atoms with Crippen molar-refractivity contribution in [3.63, 3.8) is 0 Å². The van der Waals surface area contributed by atoms with Crippen molar-refractivity contribution in [1.82, 2.24) is 10.2 Å². The van der Waals surface area contributed by atoms with Crippen LogP contribution in [-0.4, -0.2) is 22.0 Å². The summed E-state index contributed by atoms with van der Waals surface area (Å²) in [5, 5.41) is 12.0. The first-order valence-electron chi connectivity index (χ1n) is 6.07. The molecule has 2 rings (SSSR count). The molecular weight excluding hydrogens is 294 g/mol. The van der Waals surface area contributed by atoms with Crippen LogP contribution in [0.3, 0.4) is 0 Å². The summed E-state index contributed by atoms with van der Waals surface area (Å²) in [6.45, 7) is 3.10. The summed E-state index contributed by atoms with van der Waals surface area (Å²) in [7, 11) is 0. The number of halogens is 1. The molecule has 0 aliphatic heterocycles. The van der Waals surface area contributed by atoms with Crippen molar-refractivity contribution in [2.24, 2.45) is 0 Å². The molecule has 2 aromatic rings. The maximum Gasteiger partial charge on any atom is 0.278 e. The average molecular weight is 308 g/mol. The van der Waals surface area contributed by atoms with Gasteiger partial charge in [0.1, 0.15) is 0 Å². The molecule has 110 valence electrons. The largest absolute Gasteiger partial charge is 0.395 e. The highest BCUT2D eigenvalue weighted by molar-refractivity contribution is 6.34. The van der Waals surface area contributed by atoms with E-state index in [-0.39, 0.29) is 11.6 Å². The maximum absolute atomic E-state index is 12.0. The number of carbonyl (C=O) groups is 2. The number of hydrogen-bond donors (Lipinski definition) is 4. The lowest BCUT2D eigenvalue weighted by Gasteiger charge is -2.08. The first kappa shape index (κ1) is 14.9. The molecule has 1 heterocycles. The Kier molecular flexibility index (Phi) is 4.13. The zero-order valence-electron chi connectivity index (χ0n) is 11.5. The van der Waals surface area contributed by atoms with E-state index < -0.39 is 5.91 Å². The summed E-state index contributed by atoms with van der Waals surface area (Å²) < 4.78 is 0. The van der Waals surface area contributed by atoms with Crippen LogP contribution in [0.1, 0.15) is 23.1 Å². The molecule has 0 saturated carbocycles. The van der Waals surface area contributed by atoms with Crippen LogP contribution in [0, 0.1) is 6.92 Å². The second-order valence-corrected chi connectivity index (χ2v) is 4.85. The number of amides is 2. The van der Waals surface area contributed by atoms with Crippen LogP contribution in [0.2, 0.25) is 5.02 Å². The van der Waals surface area contributed by atoms with Crippen LogP contribution >= 0.6 is 11.6 Å². The number of H-pyrrole nitrogens is 1. The second kappa shape index (κ2) is 5.84. The Balaban J connectivity index is 2.17. The number of nitrogens with two attached hydrogens (primary N) is 1. The Bertz CT molecular complexity index is 711. The molecule has 0 saturated heterocycles. The minimum atomic E-state index is -0.444. The van der Waals surface area contributed by atoms with Crippen LogP contribution in [0.4, 0.5) is 17.1 Å². The first-order valence-corrected chi connectivity index (χ1v) is 6.45. The summed E-state index contributed by atoms with van der Waals surface area (Å²) in [5.41, 5.74) is 7.72. The highest BCUT2D eigenvalue weighted by Gasteiger charge is 2.15. The van der Waals surface area contributed by atoms with E-state index in [9.17, 15) is 9.59 Å². The second-order valence-electron chi connectivity index (χ2n) is 4.44. The quantitative estimate of drug-likeness (QED) is 0.696. The lowest BCUT2D eigenvalue weighted by molar-refractivity contribution is -0.114. The first-order chi connectivity index (χ1) is 9.88. The van der Waals surface area contributed by atoms with E-state index in [1.165, 1.54) is 13.0 Å². The lowest BCUT2D eigenvalue weighted by Crippen LogP contribution is -2.14. The van der Waals surface area contributed by atoms with Gasteiger partial charge in [0, 0.05) is 12.6 Å². The molecule has 0 bridgehead atoms. The van der Waals surface area contributed by atoms with Crippen molar-refractivity contribution in [2.75, 3.05) is 16.4 Å². The van der Waals surface area contributed by atoms with Gasteiger partial charge in [0.05, 0.1) is 22.1 Å². The van der Waals surface area contributed by atoms with Crippen molar-refractivity contribution in [1.29, 1.82) is 0 Å². The summed E-state index contributed by atoms with van der Waals surface area (Å²) in [5.74, 6) is -0.673. The van der Waals surface area contributed by atoms with Crippen molar-refractivity contribution < 1.29 is 9.59 Å². The van der Waals surface area contributed by atoms with Gasteiger partial charge in [-0.25, -0.2) is 0 Å². The Morgan fingerprint density at radius 1 is 1.33 bits per heavy atom. The third-order valence-corrected chi connectivity index (χ3v) is 3.06. The number of anilines is 3. The van der Waals surface area contributed by atoms with Gasteiger partial charge >= 0.3 is 0 Å². The highest BCUT2D eigenvalue weighted by Crippen LogP contribution is 2.26. The molecule has 7 nitrogen and oxygen atoms in total. The molecule has 1 aromatic carbocycles. The maximum atomic E-state index is 12.0. The fourth-order valence-electron chi connectivity index (χ4n) is 1.69. The number of nitrogens with zero attached hydrogens (tertiary/aromatic N) is 1. The van der Waals surface area contributed by atoms with Gasteiger partial charge < -0.3 is 16.4 Å². The van der Waals surface area contributed by atoms with E-state index in [1.807, 2.05) is 0 Å². The molecular formula is C13H14ClN5O2. The minimum absolute atomic E-state index is 0.120. The standard InChI is InChI=1S/C13H14ClN5O2/c1-6-11(15)12(19-18-6)13(21)17-8-3-4-10(9(14)5-8)16-7(2)20/h3-5H,15H2,1-2H3,(H,16,20)(H,17,21)(H,18,19). The van der Waals surface area contributed by atoms with Gasteiger partial charge in [-0.05, 0) is 25.1 Å². The average Bonchev–Trinajstić information content (AvgIpc) is 2.73. The van der Waals surface area contributed by atoms with Gasteiger partial charge in [0.2, 0.25) is 5.91 Å². The van der Waals surface area contributed by atoms with Gasteiger partial charge in [0.25, 0.3) is 5.91 Å². The topological polar surface area (TPSA) is 113 Å². The molecule has 0 fully saturated rings. The number of aromatic amines is 1. The smallest absolute Gasteiger partial charge is 0.278 e. The van der Waals surface area contributed by atoms with Crippen LogP contribution in [0.5, 0.6) is 0 Å². The van der Waals surface area contributed by atoms with Gasteiger partial charge in [-0.2, -0.15) is 5.10 Å². The molecule has 0 atom stereocenters. The van der Waals surface area contributed by atoms with E-state index in [2.05, 4.69) is 20.8 Å². The summed E-state index contributed by atoms with van der Waals surface area (Å²) in [4.78, 5) is 23.0. The van der Waals surface area contributed by atoms with Gasteiger partial charge in [-0.15, -0.1) is 0 Å². The summed E-state index contributed by atoms with van der Waals surface area (Å²) in [6, 6.07) is 4.74. The monoisotopic (exact) mass is 307 g/mol. The third-order valence-electron chi connectivity index (χ3n) is 2.75. The summed E-state index contributed by atoms with van der Waals surface area (Å²) >= 11 is 6.03. The van der Waals surface area contributed by atoms with E-state index >= 15 is 0 Å². The predicted molar refractivity (Wildman–Crippen MR) is 81.4 cm³/mol. The fraction of sp³-hybridized carbons (Fsp3) is 0.154. The van der Waals surface area contributed by atoms with Gasteiger partial charge in [0.15, 0.2) is 5.69 Å². The van der Waals surface area contributed by atoms with Crippen LogP contribution in [-0.2, 0) is 4.79 Å². The molecule has 5 N–H and O–H groups in total. The van der Waals surface area contributed by atoms with E-state index in [4.69, 9.17) is 17.3 Å². The Hall–Kier alpha value is -2.54. The number of hydrogen-bond acceptors (Lipinski definition) is 4. The molecule has 0 spiro atoms. The molecule has 0 aliphatic rings. The third kappa shape index (κ3) is 3.32. The lowest BCUT2D eigenvalue weighted by atomic mass is 10.2. The number of aromatic nitrogens is 2. The molecule has 0 unspecified atom stereocenters. The Morgan fingerprint density at radius 2 is 2.05 bits per heavy atom. The molecule has 2 amide bonds. The number of aryl methyl sites for hydroxylation is 1. The molecule has 0 radical (unpaired) electrons. The molecule has 8 heteroatoms. The van der Waals surface area contributed by atoms with Crippen molar-refractivity contribution in [3.05, 3.63) is 34.6 Å². The Morgan fingerprint density at radius 3 is 2.57 bits per heavy atom. The fourth-order valence-corrected chi connectivity index (χ4v) is 1.91. The zero-order chi connectivity index (χ0) is 15.6. The normalized spacial score (nSPS) is 10.2. The minimum Gasteiger partial charge on any atom is -0.395 e. The van der Waals surface area contributed by atoms with E-state index in [0.29, 0.717) is 27.8 Å². The van der Waals surface area contributed by atoms with E-state index in [1.54, 1.807) is 19.1 Å². The van der Waals surface area contributed by atoms with Crippen molar-refractivity contribution in [3.8, 4) is 0 Å². The van der Waals surface area contributed by atoms with Crippen LogP contribution < -0.4 is 16.4 Å². The van der Waals surface area contributed by atoms with Crippen molar-refractivity contribution >= 4 is 40.5 Å². The highest BCUT2D eigenvalue weighted by atomic mass is 35.5. The molecule has 1 aromatic heterocycles. The Labute approximate surface area is 125 Å². The SMILES string of the molecule is CC(=O)Nc1ccc(NC(=O)c2n[nH]c(C)c2N)cc1Cl. The molecule has 0 aliphatic carbocycles.